The number of rotatable bonds is 9. The van der Waals surface area contributed by atoms with Crippen LogP contribution in [0.2, 0.25) is 0 Å². The van der Waals surface area contributed by atoms with Crippen molar-refractivity contribution < 1.29 is 0 Å². The van der Waals surface area contributed by atoms with E-state index in [1.54, 1.807) is 6.20 Å². The second-order valence-electron chi connectivity index (χ2n) is 32.5. The third-order valence-corrected chi connectivity index (χ3v) is 19.8. The number of benzene rings is 1. The fourth-order valence-corrected chi connectivity index (χ4v) is 13.2. The smallest absolute Gasteiger partial charge is 0.160 e. The molecule has 0 unspecified atom stereocenters. The summed E-state index contributed by atoms with van der Waals surface area (Å²) in [5.74, 6) is 1.20. The molecule has 0 spiro atoms. The Kier molecular flexibility index (Phi) is 29.7. The summed E-state index contributed by atoms with van der Waals surface area (Å²) < 4.78 is 16.7. The summed E-state index contributed by atoms with van der Waals surface area (Å²) in [6.07, 6.45) is 22.6. The maximum Gasteiger partial charge on any atom is 0.160 e. The highest BCUT2D eigenvalue weighted by molar-refractivity contribution is 5.82. The molecule has 0 saturated carbocycles. The Bertz CT molecular complexity index is 5490. The van der Waals surface area contributed by atoms with E-state index in [1.165, 1.54) is 60.9 Å². The van der Waals surface area contributed by atoms with E-state index in [1.807, 2.05) is 129 Å². The van der Waals surface area contributed by atoms with E-state index in [9.17, 15) is 0 Å². The number of hydrogen-bond donors (Lipinski definition) is 0. The van der Waals surface area contributed by atoms with Gasteiger partial charge in [0.25, 0.3) is 0 Å². The Morgan fingerprint density at radius 2 is 0.851 bits per heavy atom. The SMILES string of the molecule is CC(C)n1ncc2cccnc21.Cc1cc2cnn(C(C)C)c2nc1C.Cc1cc2ncn(C(C)C)c2nc1C.Cc1ccc2c(ccn2C(C)C)c1.Cc1ccc2ccn(C(C)C)c2n1.Cc1ccc2ncn(C(C)C)c2n1.Cc1ccn(C(C)C)n1.Cc1cnc2c(c1)CCN2C(C)C.Cc1cnc2c(ccn2C(C)C)c1. The molecule has 602 valence electrons. The average Bonchev–Trinajstić information content (AvgIpc) is 1.65. The number of pyridine rings is 7. The molecule has 16 heterocycles. The van der Waals surface area contributed by atoms with Crippen molar-refractivity contribution in [3.63, 3.8) is 0 Å². The lowest BCUT2D eigenvalue weighted by molar-refractivity contribution is 0.529. The lowest BCUT2D eigenvalue weighted by Crippen LogP contribution is -2.28. The molecule has 114 heavy (non-hydrogen) atoms. The molecular weight excluding hydrogens is 1410 g/mol. The molecule has 15 aromatic heterocycles. The first-order valence-electron chi connectivity index (χ1n) is 40.5. The molecule has 1 aliphatic rings. The van der Waals surface area contributed by atoms with Gasteiger partial charge in [-0.15, -0.1) is 0 Å². The fourth-order valence-electron chi connectivity index (χ4n) is 13.2. The Morgan fingerprint density at radius 3 is 1.45 bits per heavy atom. The summed E-state index contributed by atoms with van der Waals surface area (Å²) in [5, 5.41) is 18.8. The first-order chi connectivity index (χ1) is 54.1. The van der Waals surface area contributed by atoms with Gasteiger partial charge in [0.05, 0.1) is 30.7 Å². The number of aryl methyl sites for hydroxylation is 10. The van der Waals surface area contributed by atoms with Gasteiger partial charge >= 0.3 is 0 Å². The van der Waals surface area contributed by atoms with Crippen LogP contribution in [-0.4, -0.2) is 110 Å². The molecule has 0 amide bonds. The van der Waals surface area contributed by atoms with Crippen molar-refractivity contribution in [3.8, 4) is 0 Å². The molecule has 0 N–H and O–H groups in total. The van der Waals surface area contributed by atoms with E-state index in [0.717, 1.165) is 97.1 Å². The minimum absolute atomic E-state index is 0.363. The van der Waals surface area contributed by atoms with Crippen LogP contribution in [0.5, 0.6) is 0 Å². The topological polar surface area (TPSA) is 197 Å². The Morgan fingerprint density at radius 1 is 0.325 bits per heavy atom. The number of fused-ring (bicyclic) bond motifs is 8. The van der Waals surface area contributed by atoms with E-state index in [0.29, 0.717) is 54.4 Å². The molecule has 1 aromatic carbocycles. The van der Waals surface area contributed by atoms with Gasteiger partial charge in [-0.3, -0.25) is 4.68 Å². The second-order valence-corrected chi connectivity index (χ2v) is 32.5. The quantitative estimate of drug-likeness (QED) is 0.132. The molecular formula is C93H125N21. The predicted octanol–water partition coefficient (Wildman–Crippen LogP) is 22.9. The van der Waals surface area contributed by atoms with Crippen LogP contribution in [0, 0.1) is 69.2 Å². The molecule has 0 atom stereocenters. The molecule has 0 radical (unpaired) electrons. The summed E-state index contributed by atoms with van der Waals surface area (Å²) >= 11 is 0. The number of imidazole rings is 2. The van der Waals surface area contributed by atoms with E-state index >= 15 is 0 Å². The molecule has 0 saturated heterocycles. The van der Waals surface area contributed by atoms with Crippen molar-refractivity contribution in [1.82, 2.24) is 97.0 Å². The molecule has 16 aromatic rings. The summed E-state index contributed by atoms with van der Waals surface area (Å²) in [6, 6.07) is 39.9. The van der Waals surface area contributed by atoms with Crippen molar-refractivity contribution in [2.24, 2.45) is 0 Å². The summed E-state index contributed by atoms with van der Waals surface area (Å²) in [6.45, 7) is 60.4. The van der Waals surface area contributed by atoms with Crippen LogP contribution >= 0.6 is 0 Å². The van der Waals surface area contributed by atoms with Crippen LogP contribution in [-0.2, 0) is 6.42 Å². The molecule has 0 aliphatic carbocycles. The van der Waals surface area contributed by atoms with E-state index in [2.05, 4.69) is 332 Å². The normalized spacial score (nSPS) is 11.8. The van der Waals surface area contributed by atoms with Crippen molar-refractivity contribution >= 4 is 83.2 Å². The maximum atomic E-state index is 4.56. The van der Waals surface area contributed by atoms with Crippen LogP contribution in [0.25, 0.3) is 77.4 Å². The van der Waals surface area contributed by atoms with E-state index < -0.39 is 0 Å². The largest absolute Gasteiger partial charge is 0.354 e. The fraction of sp³-hybridized carbons (Fsp3) is 0.419. The molecule has 21 heteroatoms. The van der Waals surface area contributed by atoms with Gasteiger partial charge in [0.2, 0.25) is 0 Å². The molecule has 0 bridgehead atoms. The number of nitrogens with zero attached hydrogens (tertiary/aromatic N) is 21. The third kappa shape index (κ3) is 22.0. The first kappa shape index (κ1) is 86.8. The van der Waals surface area contributed by atoms with Gasteiger partial charge in [0.15, 0.2) is 22.6 Å². The third-order valence-electron chi connectivity index (χ3n) is 19.8. The Balaban J connectivity index is 0.000000147. The van der Waals surface area contributed by atoms with E-state index in [4.69, 9.17) is 0 Å². The van der Waals surface area contributed by atoms with Crippen LogP contribution in [0.1, 0.15) is 235 Å². The average molecular weight is 1540 g/mol. The van der Waals surface area contributed by atoms with Gasteiger partial charge in [-0.05, 0) is 324 Å². The first-order valence-corrected chi connectivity index (χ1v) is 40.5. The second kappa shape index (κ2) is 39.0. The zero-order valence-corrected chi connectivity index (χ0v) is 73.2. The van der Waals surface area contributed by atoms with Crippen molar-refractivity contribution in [2.45, 2.75) is 255 Å². The van der Waals surface area contributed by atoms with E-state index in [-0.39, 0.29) is 0 Å². The Labute approximate surface area is 676 Å². The molecule has 21 nitrogen and oxygen atoms in total. The highest BCUT2D eigenvalue weighted by Crippen LogP contribution is 2.29. The van der Waals surface area contributed by atoms with Crippen LogP contribution in [0.15, 0.2) is 172 Å². The summed E-state index contributed by atoms with van der Waals surface area (Å²) in [4.78, 5) is 42.3. The monoisotopic (exact) mass is 1540 g/mol. The lowest BCUT2D eigenvalue weighted by Gasteiger charge is -2.22. The van der Waals surface area contributed by atoms with Crippen molar-refractivity contribution in [3.05, 3.63) is 233 Å². The highest BCUT2D eigenvalue weighted by atomic mass is 15.3. The number of hydrogen-bond acceptors (Lipinski definition) is 13. The number of aromatic nitrogens is 20. The van der Waals surface area contributed by atoms with Crippen LogP contribution in [0.4, 0.5) is 5.82 Å². The number of anilines is 1. The van der Waals surface area contributed by atoms with Gasteiger partial charge in [0, 0.05) is 154 Å². The summed E-state index contributed by atoms with van der Waals surface area (Å²) in [7, 11) is 0. The zero-order valence-electron chi connectivity index (χ0n) is 73.2. The molecule has 1 aliphatic heterocycles. The summed E-state index contributed by atoms with van der Waals surface area (Å²) in [5.41, 5.74) is 22.4. The zero-order chi connectivity index (χ0) is 83.1. The van der Waals surface area contributed by atoms with Crippen LogP contribution in [0.3, 0.4) is 0 Å². The standard InChI is InChI=1S/C12H15N.2C11H15N3.C11H16N2.2C11H14N2.C10H13N3.C9H11N3.C7H12N2/c1-9(2)13-7-6-11-8-10(3)4-5-12(11)13;1-7(2)14-6-12-10-5-8(3)9(4)13-11(10)14;1-7(2)14-11-10(6-12-14)5-8(3)9(4)13-11;2*1-8(2)13-5-4-10-6-9(3)7-12-11(10)13;1-8(2)13-7-6-10-5-4-9(3)12-11(10)13;1-7(2)13-6-11-9-5-4-8(3)12-10(9)13;1-7(2)12-9-8(6-11-12)4-3-5-10-9;1-6(2)9-5-4-7(3)8-9/h4-9H,1-3H3;2*5-7H,1-4H3;6-8H,4-5H2,1-3H3;2*4-8H,1-3H3;4-7H,1-3H3;3-7H,1-2H3;4-6H,1-3H3. The predicted molar refractivity (Wildman–Crippen MR) is 475 cm³/mol. The maximum absolute atomic E-state index is 4.56. The molecule has 0 fully saturated rings. The van der Waals surface area contributed by atoms with Gasteiger partial charge in [-0.25, -0.2) is 54.2 Å². The van der Waals surface area contributed by atoms with Crippen LogP contribution < -0.4 is 4.90 Å². The Hall–Kier alpha value is -11.2. The minimum Gasteiger partial charge on any atom is -0.354 e. The van der Waals surface area contributed by atoms with Gasteiger partial charge in [0.1, 0.15) is 28.1 Å². The minimum atomic E-state index is 0.363. The molecule has 17 rings (SSSR count). The lowest BCUT2D eigenvalue weighted by atomic mass is 10.2. The van der Waals surface area contributed by atoms with Gasteiger partial charge in [-0.1, -0.05) is 17.7 Å². The van der Waals surface area contributed by atoms with Crippen molar-refractivity contribution in [1.29, 1.82) is 0 Å². The van der Waals surface area contributed by atoms with Gasteiger partial charge < -0.3 is 27.7 Å². The highest BCUT2D eigenvalue weighted by Gasteiger charge is 2.22. The van der Waals surface area contributed by atoms with Gasteiger partial charge in [-0.2, -0.15) is 15.3 Å². The van der Waals surface area contributed by atoms with Crippen molar-refractivity contribution in [2.75, 3.05) is 11.4 Å².